The molecule has 106 valence electrons. The lowest BCUT2D eigenvalue weighted by Gasteiger charge is -2.13. The van der Waals surface area contributed by atoms with Crippen molar-refractivity contribution in [3.05, 3.63) is 64.2 Å². The predicted molar refractivity (Wildman–Crippen MR) is 88.7 cm³/mol. The van der Waals surface area contributed by atoms with E-state index in [1.54, 1.807) is 11.3 Å². The molecular weight excluding hydrogens is 276 g/mol. The zero-order valence-corrected chi connectivity index (χ0v) is 12.9. The van der Waals surface area contributed by atoms with Crippen molar-refractivity contribution in [1.29, 1.82) is 0 Å². The van der Waals surface area contributed by atoms with Gasteiger partial charge in [0, 0.05) is 12.6 Å². The van der Waals surface area contributed by atoms with E-state index in [0.29, 0.717) is 6.04 Å². The molecule has 2 aromatic carbocycles. The Bertz CT molecular complexity index is 758. The summed E-state index contributed by atoms with van der Waals surface area (Å²) in [5.74, 6) is 0. The summed E-state index contributed by atoms with van der Waals surface area (Å²) in [7, 11) is 0. The summed E-state index contributed by atoms with van der Waals surface area (Å²) in [6.07, 6.45) is 2.39. The Balaban J connectivity index is 1.52. The monoisotopic (exact) mass is 294 g/mol. The van der Waals surface area contributed by atoms with E-state index < -0.39 is 0 Å². The van der Waals surface area contributed by atoms with Crippen molar-refractivity contribution in [3.8, 4) is 0 Å². The van der Waals surface area contributed by atoms with E-state index in [9.17, 15) is 0 Å². The molecule has 0 saturated carbocycles. The molecule has 0 amide bonds. The molecule has 0 radical (unpaired) electrons. The fraction of sp³-hybridized carbons (Fsp3) is 0.278. The van der Waals surface area contributed by atoms with Gasteiger partial charge in [0.05, 0.1) is 10.2 Å². The van der Waals surface area contributed by atoms with Gasteiger partial charge in [-0.25, -0.2) is 4.98 Å². The average Bonchev–Trinajstić information content (AvgIpc) is 3.07. The molecule has 21 heavy (non-hydrogen) atoms. The molecule has 0 bridgehead atoms. The first-order valence-corrected chi connectivity index (χ1v) is 8.28. The first kappa shape index (κ1) is 13.0. The van der Waals surface area contributed by atoms with Crippen LogP contribution >= 0.6 is 11.3 Å². The topological polar surface area (TPSA) is 24.9 Å². The second-order valence-corrected chi connectivity index (χ2v) is 6.86. The lowest BCUT2D eigenvalue weighted by molar-refractivity contribution is 0.529. The Labute approximate surface area is 128 Å². The fourth-order valence-corrected chi connectivity index (χ4v) is 4.06. The van der Waals surface area contributed by atoms with Crippen molar-refractivity contribution in [2.75, 3.05) is 0 Å². The molecule has 1 aliphatic rings. The lowest BCUT2D eigenvalue weighted by atomic mass is 10.1. The molecule has 0 aliphatic heterocycles. The maximum Gasteiger partial charge on any atom is 0.108 e. The number of hydrogen-bond acceptors (Lipinski definition) is 3. The van der Waals surface area contributed by atoms with E-state index in [4.69, 9.17) is 4.98 Å². The summed E-state index contributed by atoms with van der Waals surface area (Å²) < 4.78 is 1.27. The van der Waals surface area contributed by atoms with Gasteiger partial charge in [-0.2, -0.15) is 0 Å². The van der Waals surface area contributed by atoms with E-state index in [1.807, 2.05) is 0 Å². The average molecular weight is 294 g/mol. The highest BCUT2D eigenvalue weighted by Crippen LogP contribution is 2.32. The molecule has 3 heteroatoms. The second kappa shape index (κ2) is 5.24. The highest BCUT2D eigenvalue weighted by atomic mass is 32.1. The van der Waals surface area contributed by atoms with Gasteiger partial charge in [0.15, 0.2) is 0 Å². The smallest absolute Gasteiger partial charge is 0.108 e. The van der Waals surface area contributed by atoms with Crippen LogP contribution in [0.1, 0.15) is 34.2 Å². The highest BCUT2D eigenvalue weighted by molar-refractivity contribution is 7.18. The number of hydrogen-bond donors (Lipinski definition) is 1. The SMILES string of the molecule is Cc1ccc2c(c1)C(NCc1nc3ccccc3s1)CC2. The maximum atomic E-state index is 4.70. The number of aryl methyl sites for hydroxylation is 2. The maximum absolute atomic E-state index is 4.70. The first-order valence-electron chi connectivity index (χ1n) is 7.47. The van der Waals surface area contributed by atoms with E-state index in [0.717, 1.165) is 12.1 Å². The Hall–Kier alpha value is -1.71. The van der Waals surface area contributed by atoms with Crippen molar-refractivity contribution in [2.45, 2.75) is 32.4 Å². The van der Waals surface area contributed by atoms with Crippen LogP contribution in [0, 0.1) is 6.92 Å². The second-order valence-electron chi connectivity index (χ2n) is 5.75. The van der Waals surface area contributed by atoms with Crippen molar-refractivity contribution < 1.29 is 0 Å². The molecule has 2 nitrogen and oxygen atoms in total. The van der Waals surface area contributed by atoms with Gasteiger partial charge in [0.1, 0.15) is 5.01 Å². The molecule has 1 atom stereocenters. The van der Waals surface area contributed by atoms with Crippen LogP contribution in [0.5, 0.6) is 0 Å². The molecule has 1 aromatic heterocycles. The van der Waals surface area contributed by atoms with E-state index >= 15 is 0 Å². The Morgan fingerprint density at radius 2 is 2.14 bits per heavy atom. The van der Waals surface area contributed by atoms with Crippen molar-refractivity contribution >= 4 is 21.6 Å². The van der Waals surface area contributed by atoms with E-state index in [-0.39, 0.29) is 0 Å². The summed E-state index contributed by atoms with van der Waals surface area (Å²) in [5.41, 5.74) is 5.45. The zero-order valence-electron chi connectivity index (χ0n) is 12.1. The number of nitrogens with one attached hydrogen (secondary N) is 1. The van der Waals surface area contributed by atoms with Gasteiger partial charge in [0.25, 0.3) is 0 Å². The summed E-state index contributed by atoms with van der Waals surface area (Å²) in [5, 5.41) is 4.87. The van der Waals surface area contributed by atoms with Crippen LogP contribution in [0.4, 0.5) is 0 Å². The Morgan fingerprint density at radius 1 is 1.24 bits per heavy atom. The van der Waals surface area contributed by atoms with Gasteiger partial charge in [-0.3, -0.25) is 0 Å². The van der Waals surface area contributed by atoms with Crippen LogP contribution in [-0.2, 0) is 13.0 Å². The summed E-state index contributed by atoms with van der Waals surface area (Å²) in [6.45, 7) is 3.03. The molecule has 3 aromatic rings. The molecular formula is C18H18N2S. The van der Waals surface area contributed by atoms with Crippen LogP contribution in [0.3, 0.4) is 0 Å². The number of para-hydroxylation sites is 1. The molecule has 0 saturated heterocycles. The standard InChI is InChI=1S/C18H18N2S/c1-12-6-7-13-8-9-15(14(13)10-12)19-11-18-20-16-4-2-3-5-17(16)21-18/h2-7,10,15,19H,8-9,11H2,1H3. The minimum atomic E-state index is 0.479. The molecule has 4 rings (SSSR count). The van der Waals surface area contributed by atoms with Gasteiger partial charge in [0.2, 0.25) is 0 Å². The van der Waals surface area contributed by atoms with Crippen LogP contribution < -0.4 is 5.32 Å². The van der Waals surface area contributed by atoms with Crippen molar-refractivity contribution in [2.24, 2.45) is 0 Å². The van der Waals surface area contributed by atoms with Crippen molar-refractivity contribution in [3.63, 3.8) is 0 Å². The van der Waals surface area contributed by atoms with Crippen molar-refractivity contribution in [1.82, 2.24) is 10.3 Å². The van der Waals surface area contributed by atoms with Crippen LogP contribution in [-0.4, -0.2) is 4.98 Å². The number of aromatic nitrogens is 1. The summed E-state index contributed by atoms with van der Waals surface area (Å²) in [6, 6.07) is 15.7. The van der Waals surface area contributed by atoms with Crippen LogP contribution in [0.2, 0.25) is 0 Å². The van der Waals surface area contributed by atoms with Gasteiger partial charge >= 0.3 is 0 Å². The third kappa shape index (κ3) is 2.47. The highest BCUT2D eigenvalue weighted by Gasteiger charge is 2.22. The third-order valence-corrected chi connectivity index (χ3v) is 5.25. The number of thiazole rings is 1. The number of fused-ring (bicyclic) bond motifs is 2. The minimum absolute atomic E-state index is 0.479. The molecule has 0 fully saturated rings. The number of benzene rings is 2. The molecule has 1 N–H and O–H groups in total. The summed E-state index contributed by atoms with van der Waals surface area (Å²) >= 11 is 1.79. The Morgan fingerprint density at radius 3 is 3.05 bits per heavy atom. The molecule has 1 unspecified atom stereocenters. The lowest BCUT2D eigenvalue weighted by Crippen LogP contribution is -2.18. The zero-order chi connectivity index (χ0) is 14.2. The van der Waals surface area contributed by atoms with E-state index in [1.165, 1.54) is 39.2 Å². The van der Waals surface area contributed by atoms with Crippen LogP contribution in [0.25, 0.3) is 10.2 Å². The first-order chi connectivity index (χ1) is 10.3. The summed E-state index contributed by atoms with van der Waals surface area (Å²) in [4.78, 5) is 4.70. The largest absolute Gasteiger partial charge is 0.304 e. The van der Waals surface area contributed by atoms with Gasteiger partial charge in [-0.1, -0.05) is 35.9 Å². The predicted octanol–water partition coefficient (Wildman–Crippen LogP) is 4.38. The Kier molecular flexibility index (Phi) is 3.24. The molecule has 1 heterocycles. The molecule has 1 aliphatic carbocycles. The van der Waals surface area contributed by atoms with E-state index in [2.05, 4.69) is 54.7 Å². The number of nitrogens with zero attached hydrogens (tertiary/aromatic N) is 1. The van der Waals surface area contributed by atoms with Gasteiger partial charge in [-0.05, 0) is 43.0 Å². The third-order valence-electron chi connectivity index (χ3n) is 4.22. The fourth-order valence-electron chi connectivity index (χ4n) is 3.14. The van der Waals surface area contributed by atoms with Gasteiger partial charge in [-0.15, -0.1) is 11.3 Å². The normalized spacial score (nSPS) is 17.3. The number of rotatable bonds is 3. The molecule has 0 spiro atoms. The van der Waals surface area contributed by atoms with Gasteiger partial charge < -0.3 is 5.32 Å². The van der Waals surface area contributed by atoms with Crippen LogP contribution in [0.15, 0.2) is 42.5 Å². The quantitative estimate of drug-likeness (QED) is 0.775. The minimum Gasteiger partial charge on any atom is -0.304 e.